The van der Waals surface area contributed by atoms with Crippen molar-refractivity contribution in [3.8, 4) is 0 Å². The highest BCUT2D eigenvalue weighted by molar-refractivity contribution is 6.04. The Balaban J connectivity index is 2.35. The molecule has 1 amide bonds. The van der Waals surface area contributed by atoms with Gasteiger partial charge >= 0.3 is 0 Å². The minimum absolute atomic E-state index is 0.113. The molecule has 1 heterocycles. The van der Waals surface area contributed by atoms with Crippen LogP contribution in [0.5, 0.6) is 0 Å². The Bertz CT molecular complexity index is 664. The van der Waals surface area contributed by atoms with Gasteiger partial charge in [0.25, 0.3) is 11.5 Å². The molecule has 1 aromatic heterocycles. The molecule has 0 aliphatic rings. The molecule has 4 heteroatoms. The third-order valence-electron chi connectivity index (χ3n) is 2.98. The minimum Gasteiger partial charge on any atom is -0.328 e. The van der Waals surface area contributed by atoms with E-state index in [4.69, 9.17) is 0 Å². The number of hydrogen-bond donors (Lipinski definition) is 2. The molecular formula is C15H16N2O2. The molecule has 0 aliphatic carbocycles. The van der Waals surface area contributed by atoms with Gasteiger partial charge in [-0.2, -0.15) is 0 Å². The number of hydrogen-bond acceptors (Lipinski definition) is 2. The van der Waals surface area contributed by atoms with Crippen molar-refractivity contribution in [2.24, 2.45) is 0 Å². The van der Waals surface area contributed by atoms with E-state index < -0.39 is 5.91 Å². The Labute approximate surface area is 111 Å². The van der Waals surface area contributed by atoms with Crippen LogP contribution in [-0.4, -0.2) is 10.9 Å². The minimum atomic E-state index is -0.392. The lowest BCUT2D eigenvalue weighted by Crippen LogP contribution is -2.23. The van der Waals surface area contributed by atoms with Crippen molar-refractivity contribution in [1.29, 1.82) is 0 Å². The number of H-pyrrole nitrogens is 1. The lowest BCUT2D eigenvalue weighted by molar-refractivity contribution is 0.102. The average Bonchev–Trinajstić information content (AvgIpc) is 2.34. The van der Waals surface area contributed by atoms with E-state index in [2.05, 4.69) is 10.3 Å². The summed E-state index contributed by atoms with van der Waals surface area (Å²) < 4.78 is 0. The van der Waals surface area contributed by atoms with Gasteiger partial charge in [0.2, 0.25) is 0 Å². The fourth-order valence-electron chi connectivity index (χ4n) is 2.16. The van der Waals surface area contributed by atoms with E-state index in [0.29, 0.717) is 0 Å². The van der Waals surface area contributed by atoms with Crippen LogP contribution in [0.2, 0.25) is 0 Å². The maximum absolute atomic E-state index is 12.1. The van der Waals surface area contributed by atoms with Crippen LogP contribution in [0.4, 0.5) is 5.69 Å². The lowest BCUT2D eigenvalue weighted by atomic mass is 10.0. The number of pyridine rings is 1. The van der Waals surface area contributed by atoms with Gasteiger partial charge in [-0.15, -0.1) is 0 Å². The number of carbonyl (C=O) groups is 1. The molecule has 0 bridgehead atoms. The summed E-state index contributed by atoms with van der Waals surface area (Å²) in [6.07, 6.45) is 1.50. The highest BCUT2D eigenvalue weighted by Gasteiger charge is 2.12. The molecule has 1 aromatic carbocycles. The number of aryl methyl sites for hydroxylation is 3. The number of benzene rings is 1. The maximum atomic E-state index is 12.1. The number of nitrogens with one attached hydrogen (secondary N) is 2. The van der Waals surface area contributed by atoms with E-state index in [1.54, 1.807) is 6.07 Å². The normalized spacial score (nSPS) is 10.3. The summed E-state index contributed by atoms with van der Waals surface area (Å²) in [7, 11) is 0. The number of rotatable bonds is 2. The second kappa shape index (κ2) is 5.10. The number of anilines is 1. The van der Waals surface area contributed by atoms with E-state index in [1.807, 2.05) is 32.9 Å². The fourth-order valence-corrected chi connectivity index (χ4v) is 2.16. The highest BCUT2D eigenvalue weighted by atomic mass is 16.2. The molecule has 98 valence electrons. The van der Waals surface area contributed by atoms with E-state index in [-0.39, 0.29) is 11.1 Å². The molecule has 0 atom stereocenters. The van der Waals surface area contributed by atoms with Crippen molar-refractivity contribution in [3.05, 3.63) is 63.1 Å². The first-order valence-corrected chi connectivity index (χ1v) is 6.06. The first-order valence-electron chi connectivity index (χ1n) is 6.06. The highest BCUT2D eigenvalue weighted by Crippen LogP contribution is 2.22. The van der Waals surface area contributed by atoms with Gasteiger partial charge in [-0.25, -0.2) is 0 Å². The molecule has 0 saturated carbocycles. The molecule has 0 unspecified atom stereocenters. The molecule has 0 fully saturated rings. The van der Waals surface area contributed by atoms with Crippen LogP contribution in [0.25, 0.3) is 0 Å². The second-order valence-corrected chi connectivity index (χ2v) is 4.64. The Kier molecular flexibility index (Phi) is 3.51. The average molecular weight is 256 g/mol. The lowest BCUT2D eigenvalue weighted by Gasteiger charge is -2.12. The quantitative estimate of drug-likeness (QED) is 0.867. The first kappa shape index (κ1) is 13.1. The molecule has 0 spiro atoms. The monoisotopic (exact) mass is 256 g/mol. The van der Waals surface area contributed by atoms with Gasteiger partial charge in [0.15, 0.2) is 0 Å². The third-order valence-corrected chi connectivity index (χ3v) is 2.98. The van der Waals surface area contributed by atoms with Gasteiger partial charge < -0.3 is 10.3 Å². The fraction of sp³-hybridized carbons (Fsp3) is 0.200. The molecule has 0 saturated heterocycles. The summed E-state index contributed by atoms with van der Waals surface area (Å²) in [6.45, 7) is 5.88. The number of carbonyl (C=O) groups excluding carboxylic acids is 1. The molecule has 4 nitrogen and oxygen atoms in total. The standard InChI is InChI=1S/C15H16N2O2/c1-9-7-10(2)13(11(3)8-9)17-15(19)12-5-4-6-16-14(12)18/h4-8H,1-3H3,(H,16,18)(H,17,19). The van der Waals surface area contributed by atoms with Crippen LogP contribution in [0.3, 0.4) is 0 Å². The molecule has 0 aliphatic heterocycles. The summed E-state index contributed by atoms with van der Waals surface area (Å²) >= 11 is 0. The van der Waals surface area contributed by atoms with Crippen LogP contribution in [-0.2, 0) is 0 Å². The van der Waals surface area contributed by atoms with E-state index >= 15 is 0 Å². The van der Waals surface area contributed by atoms with E-state index in [9.17, 15) is 9.59 Å². The molecule has 2 N–H and O–H groups in total. The summed E-state index contributed by atoms with van der Waals surface area (Å²) in [6, 6.07) is 7.13. The summed E-state index contributed by atoms with van der Waals surface area (Å²) in [5.41, 5.74) is 3.60. The summed E-state index contributed by atoms with van der Waals surface area (Å²) in [5, 5.41) is 2.80. The maximum Gasteiger partial charge on any atom is 0.261 e. The Morgan fingerprint density at radius 1 is 1.16 bits per heavy atom. The molecule has 2 aromatic rings. The Morgan fingerprint density at radius 2 is 1.79 bits per heavy atom. The largest absolute Gasteiger partial charge is 0.328 e. The Morgan fingerprint density at radius 3 is 2.37 bits per heavy atom. The third kappa shape index (κ3) is 2.73. The van der Waals surface area contributed by atoms with Gasteiger partial charge in [0, 0.05) is 11.9 Å². The van der Waals surface area contributed by atoms with Crippen LogP contribution >= 0.6 is 0 Å². The summed E-state index contributed by atoms with van der Waals surface area (Å²) in [5.74, 6) is -0.392. The predicted molar refractivity (Wildman–Crippen MR) is 75.7 cm³/mol. The summed E-state index contributed by atoms with van der Waals surface area (Å²) in [4.78, 5) is 26.1. The van der Waals surface area contributed by atoms with Crippen molar-refractivity contribution in [2.75, 3.05) is 5.32 Å². The molecule has 2 rings (SSSR count). The zero-order valence-electron chi connectivity index (χ0n) is 11.2. The molecule has 19 heavy (non-hydrogen) atoms. The van der Waals surface area contributed by atoms with E-state index in [1.165, 1.54) is 12.3 Å². The van der Waals surface area contributed by atoms with Gasteiger partial charge in [-0.3, -0.25) is 9.59 Å². The SMILES string of the molecule is Cc1cc(C)c(NC(=O)c2ccc[nH]c2=O)c(C)c1. The van der Waals surface area contributed by atoms with Crippen LogP contribution in [0, 0.1) is 20.8 Å². The van der Waals surface area contributed by atoms with Gasteiger partial charge in [0.1, 0.15) is 5.56 Å². The van der Waals surface area contributed by atoms with Crippen LogP contribution < -0.4 is 10.9 Å². The number of aromatic nitrogens is 1. The van der Waals surface area contributed by atoms with Crippen LogP contribution in [0.1, 0.15) is 27.0 Å². The zero-order valence-corrected chi connectivity index (χ0v) is 11.2. The topological polar surface area (TPSA) is 62.0 Å². The molecular weight excluding hydrogens is 240 g/mol. The number of amides is 1. The van der Waals surface area contributed by atoms with Gasteiger partial charge in [-0.05, 0) is 44.0 Å². The van der Waals surface area contributed by atoms with Gasteiger partial charge in [-0.1, -0.05) is 17.7 Å². The predicted octanol–water partition coefficient (Wildman–Crippen LogP) is 2.55. The van der Waals surface area contributed by atoms with Crippen LogP contribution in [0.15, 0.2) is 35.3 Å². The van der Waals surface area contributed by atoms with Crippen molar-refractivity contribution in [1.82, 2.24) is 4.98 Å². The second-order valence-electron chi connectivity index (χ2n) is 4.64. The number of aromatic amines is 1. The molecule has 0 radical (unpaired) electrons. The zero-order chi connectivity index (χ0) is 14.0. The first-order chi connectivity index (χ1) is 8.99. The van der Waals surface area contributed by atoms with Crippen molar-refractivity contribution in [2.45, 2.75) is 20.8 Å². The van der Waals surface area contributed by atoms with E-state index in [0.717, 1.165) is 22.4 Å². The Hall–Kier alpha value is -2.36. The van der Waals surface area contributed by atoms with Crippen molar-refractivity contribution < 1.29 is 4.79 Å². The van der Waals surface area contributed by atoms with Crippen molar-refractivity contribution >= 4 is 11.6 Å². The van der Waals surface area contributed by atoms with Crippen molar-refractivity contribution in [3.63, 3.8) is 0 Å². The smallest absolute Gasteiger partial charge is 0.261 e. The van der Waals surface area contributed by atoms with Gasteiger partial charge in [0.05, 0.1) is 0 Å².